The number of thiophene rings is 1. The quantitative estimate of drug-likeness (QED) is 0.488. The maximum absolute atomic E-state index is 11.5. The second-order valence-electron chi connectivity index (χ2n) is 2.71. The fourth-order valence-electron chi connectivity index (χ4n) is 0.912. The monoisotopic (exact) mass is 300 g/mol. The molecule has 0 unspecified atom stereocenters. The Labute approximate surface area is 111 Å². The van der Waals surface area contributed by atoms with Crippen molar-refractivity contribution in [3.05, 3.63) is 21.9 Å². The Kier molecular flexibility index (Phi) is 4.62. The van der Waals surface area contributed by atoms with Gasteiger partial charge in [-0.3, -0.25) is 4.79 Å². The van der Waals surface area contributed by atoms with Crippen molar-refractivity contribution >= 4 is 57.9 Å². The minimum atomic E-state index is -2.00. The molecule has 16 heavy (non-hydrogen) atoms. The molecule has 0 aliphatic carbocycles. The zero-order valence-corrected chi connectivity index (χ0v) is 11.2. The second-order valence-corrected chi connectivity index (χ2v) is 6.08. The van der Waals surface area contributed by atoms with Crippen LogP contribution in [0.25, 0.3) is 0 Å². The molecule has 1 rings (SSSR count). The number of hydrogen-bond acceptors (Lipinski definition) is 4. The van der Waals surface area contributed by atoms with E-state index in [0.29, 0.717) is 4.88 Å². The molecule has 0 fully saturated rings. The normalized spacial score (nSPS) is 11.2. The average Bonchev–Trinajstić information content (AvgIpc) is 2.64. The minimum Gasteiger partial charge on any atom is -0.462 e. The third kappa shape index (κ3) is 3.35. The van der Waals surface area contributed by atoms with Crippen LogP contribution in [0, 0.1) is 0 Å². The number of Topliss-reactive ketones (excluding diaryl/α,β-unsaturated/α-hetero) is 1. The maximum Gasteiger partial charge on any atom is 0.348 e. The van der Waals surface area contributed by atoms with Gasteiger partial charge in [0.15, 0.2) is 0 Å². The summed E-state index contributed by atoms with van der Waals surface area (Å²) < 4.78 is 2.76. The fraction of sp³-hybridized carbons (Fsp3) is 0.333. The molecule has 1 aromatic rings. The summed E-state index contributed by atoms with van der Waals surface area (Å²) >= 11 is 17.3. The molecule has 0 aliphatic rings. The van der Waals surface area contributed by atoms with Crippen LogP contribution in [0.2, 0.25) is 0 Å². The molecule has 1 heterocycles. The molecule has 0 aromatic carbocycles. The Hall–Kier alpha value is -0.290. The fourth-order valence-corrected chi connectivity index (χ4v) is 2.28. The van der Waals surface area contributed by atoms with Gasteiger partial charge in [0.25, 0.3) is 3.79 Å². The first-order valence-electron chi connectivity index (χ1n) is 4.24. The van der Waals surface area contributed by atoms with Gasteiger partial charge in [-0.1, -0.05) is 34.8 Å². The van der Waals surface area contributed by atoms with Gasteiger partial charge in [0, 0.05) is 0 Å². The van der Waals surface area contributed by atoms with Gasteiger partial charge < -0.3 is 4.74 Å². The zero-order chi connectivity index (χ0) is 12.3. The smallest absolute Gasteiger partial charge is 0.348 e. The highest BCUT2D eigenvalue weighted by Crippen LogP contribution is 2.33. The highest BCUT2D eigenvalue weighted by molar-refractivity contribution is 7.16. The van der Waals surface area contributed by atoms with Crippen molar-refractivity contribution in [2.75, 3.05) is 6.61 Å². The number of esters is 1. The van der Waals surface area contributed by atoms with Gasteiger partial charge in [-0.25, -0.2) is 4.79 Å². The van der Waals surface area contributed by atoms with Gasteiger partial charge in [-0.05, 0) is 19.1 Å². The molecule has 0 N–H and O–H groups in total. The van der Waals surface area contributed by atoms with Crippen LogP contribution >= 0.6 is 46.1 Å². The van der Waals surface area contributed by atoms with E-state index >= 15 is 0 Å². The van der Waals surface area contributed by atoms with Crippen molar-refractivity contribution < 1.29 is 14.3 Å². The van der Waals surface area contributed by atoms with Crippen LogP contribution in [0.4, 0.5) is 0 Å². The standard InChI is InChI=1S/C9H7Cl3O3S/c1-2-15-8(14)6-4-3-5(16-6)7(13)9(10,11)12/h3-4H,2H2,1H3. The number of rotatable bonds is 3. The van der Waals surface area contributed by atoms with Gasteiger partial charge in [0.2, 0.25) is 5.78 Å². The van der Waals surface area contributed by atoms with Gasteiger partial charge in [-0.2, -0.15) is 0 Å². The van der Waals surface area contributed by atoms with E-state index in [2.05, 4.69) is 0 Å². The first kappa shape index (κ1) is 13.8. The molecule has 0 aliphatic heterocycles. The summed E-state index contributed by atoms with van der Waals surface area (Å²) in [5.74, 6) is -1.14. The molecular weight excluding hydrogens is 295 g/mol. The lowest BCUT2D eigenvalue weighted by Gasteiger charge is -2.06. The summed E-state index contributed by atoms with van der Waals surface area (Å²) in [7, 11) is 0. The minimum absolute atomic E-state index is 0.211. The molecule has 0 saturated heterocycles. The van der Waals surface area contributed by atoms with Crippen LogP contribution in [0.5, 0.6) is 0 Å². The summed E-state index contributed by atoms with van der Waals surface area (Å²) in [6.45, 7) is 1.96. The van der Waals surface area contributed by atoms with Crippen LogP contribution in [-0.2, 0) is 4.74 Å². The molecule has 0 radical (unpaired) electrons. The number of hydrogen-bond donors (Lipinski definition) is 0. The van der Waals surface area contributed by atoms with Crippen LogP contribution in [-0.4, -0.2) is 22.2 Å². The van der Waals surface area contributed by atoms with E-state index in [9.17, 15) is 9.59 Å². The van der Waals surface area contributed by atoms with Crippen LogP contribution < -0.4 is 0 Å². The molecule has 7 heteroatoms. The zero-order valence-electron chi connectivity index (χ0n) is 8.13. The third-order valence-corrected chi connectivity index (χ3v) is 3.14. The third-order valence-electron chi connectivity index (χ3n) is 1.56. The second kappa shape index (κ2) is 5.36. The van der Waals surface area contributed by atoms with E-state index in [1.807, 2.05) is 0 Å². The summed E-state index contributed by atoms with van der Waals surface area (Å²) in [6, 6.07) is 2.90. The Morgan fingerprint density at radius 2 is 1.88 bits per heavy atom. The lowest BCUT2D eigenvalue weighted by Crippen LogP contribution is -2.17. The van der Waals surface area contributed by atoms with Crippen molar-refractivity contribution in [2.45, 2.75) is 10.7 Å². The highest BCUT2D eigenvalue weighted by Gasteiger charge is 2.33. The van der Waals surface area contributed by atoms with Crippen LogP contribution in [0.1, 0.15) is 26.3 Å². The number of ether oxygens (including phenoxy) is 1. The molecule has 3 nitrogen and oxygen atoms in total. The largest absolute Gasteiger partial charge is 0.462 e. The van der Waals surface area contributed by atoms with Gasteiger partial charge in [0.05, 0.1) is 11.5 Å². The predicted octanol–water partition coefficient (Wildman–Crippen LogP) is 3.48. The van der Waals surface area contributed by atoms with Gasteiger partial charge in [0.1, 0.15) is 4.88 Å². The summed E-state index contributed by atoms with van der Waals surface area (Å²) in [5.41, 5.74) is 0. The summed E-state index contributed by atoms with van der Waals surface area (Å²) in [4.78, 5) is 23.3. The molecule has 88 valence electrons. The lowest BCUT2D eigenvalue weighted by atomic mass is 10.3. The maximum atomic E-state index is 11.5. The average molecular weight is 302 g/mol. The summed E-state index contributed by atoms with van der Waals surface area (Å²) in [6.07, 6.45) is 0. The molecule has 0 spiro atoms. The highest BCUT2D eigenvalue weighted by atomic mass is 35.6. The number of carbonyl (C=O) groups excluding carboxylic acids is 2. The number of ketones is 1. The molecule has 0 saturated carbocycles. The number of alkyl halides is 3. The Balaban J connectivity index is 2.87. The van der Waals surface area contributed by atoms with E-state index in [4.69, 9.17) is 39.5 Å². The molecule has 0 bridgehead atoms. The molecule has 1 aromatic heterocycles. The molecule has 0 amide bonds. The Morgan fingerprint density at radius 3 is 2.38 bits per heavy atom. The number of halogens is 3. The van der Waals surface area contributed by atoms with Crippen molar-refractivity contribution in [1.82, 2.24) is 0 Å². The van der Waals surface area contributed by atoms with Crippen molar-refractivity contribution in [3.8, 4) is 0 Å². The molecular formula is C9H7Cl3O3S. The SMILES string of the molecule is CCOC(=O)c1ccc(C(=O)C(Cl)(Cl)Cl)s1. The van der Waals surface area contributed by atoms with Crippen LogP contribution in [0.3, 0.4) is 0 Å². The van der Waals surface area contributed by atoms with E-state index in [-0.39, 0.29) is 11.5 Å². The van der Waals surface area contributed by atoms with E-state index in [0.717, 1.165) is 11.3 Å². The van der Waals surface area contributed by atoms with Crippen molar-refractivity contribution in [1.29, 1.82) is 0 Å². The van der Waals surface area contributed by atoms with E-state index in [1.54, 1.807) is 6.92 Å². The van der Waals surface area contributed by atoms with E-state index in [1.165, 1.54) is 12.1 Å². The first-order valence-corrected chi connectivity index (χ1v) is 6.19. The van der Waals surface area contributed by atoms with Crippen LogP contribution in [0.15, 0.2) is 12.1 Å². The molecule has 0 atom stereocenters. The topological polar surface area (TPSA) is 43.4 Å². The first-order chi connectivity index (χ1) is 7.36. The number of carbonyl (C=O) groups is 2. The Bertz CT molecular complexity index is 408. The predicted molar refractivity (Wildman–Crippen MR) is 64.9 cm³/mol. The van der Waals surface area contributed by atoms with Crippen molar-refractivity contribution in [3.63, 3.8) is 0 Å². The van der Waals surface area contributed by atoms with Crippen molar-refractivity contribution in [2.24, 2.45) is 0 Å². The lowest BCUT2D eigenvalue weighted by molar-refractivity contribution is 0.0532. The summed E-state index contributed by atoms with van der Waals surface area (Å²) in [5, 5.41) is 0. The van der Waals surface area contributed by atoms with E-state index < -0.39 is 15.5 Å². The van der Waals surface area contributed by atoms with Gasteiger partial charge in [-0.15, -0.1) is 11.3 Å². The Morgan fingerprint density at radius 1 is 1.31 bits per heavy atom. The van der Waals surface area contributed by atoms with Gasteiger partial charge >= 0.3 is 5.97 Å².